The molecule has 0 radical (unpaired) electrons. The molecule has 2 unspecified atom stereocenters. The summed E-state index contributed by atoms with van der Waals surface area (Å²) in [4.78, 5) is 23.6. The van der Waals surface area contributed by atoms with Crippen LogP contribution >= 0.6 is 0 Å². The Balaban J connectivity index is 1.98. The minimum atomic E-state index is -1.10. The second-order valence-corrected chi connectivity index (χ2v) is 5.50. The lowest BCUT2D eigenvalue weighted by atomic mass is 9.81. The van der Waals surface area contributed by atoms with Crippen LogP contribution in [0.5, 0.6) is 0 Å². The molecule has 108 valence electrons. The average molecular weight is 270 g/mol. The number of hydrogen-bond donors (Lipinski definition) is 3. The number of carbonyl (C=O) groups is 2. The highest BCUT2D eigenvalue weighted by molar-refractivity contribution is 5.89. The molecule has 2 rings (SSSR count). The molecule has 6 nitrogen and oxygen atoms in total. The zero-order valence-corrected chi connectivity index (χ0v) is 11.1. The molecule has 19 heavy (non-hydrogen) atoms. The molecule has 2 aliphatic rings. The Morgan fingerprint density at radius 1 is 1.26 bits per heavy atom. The summed E-state index contributed by atoms with van der Waals surface area (Å²) in [6, 6.07) is 0. The maximum absolute atomic E-state index is 12.1. The number of carboxylic acid groups (broad SMARTS) is 1. The van der Waals surface area contributed by atoms with Crippen LogP contribution in [0, 0.1) is 0 Å². The predicted octanol–water partition coefficient (Wildman–Crippen LogP) is 0.396. The lowest BCUT2D eigenvalue weighted by molar-refractivity contribution is -0.151. The average Bonchev–Trinajstić information content (AvgIpc) is 2.88. The van der Waals surface area contributed by atoms with E-state index in [9.17, 15) is 14.7 Å². The molecule has 1 aliphatic carbocycles. The molecule has 1 heterocycles. The van der Waals surface area contributed by atoms with Crippen molar-refractivity contribution in [3.63, 3.8) is 0 Å². The Kier molecular flexibility index (Phi) is 4.42. The van der Waals surface area contributed by atoms with Crippen molar-refractivity contribution < 1.29 is 19.4 Å². The van der Waals surface area contributed by atoms with E-state index in [-0.39, 0.29) is 12.0 Å². The minimum Gasteiger partial charge on any atom is -0.480 e. The molecule has 0 aromatic heterocycles. The van der Waals surface area contributed by atoms with E-state index in [2.05, 4.69) is 5.32 Å². The van der Waals surface area contributed by atoms with Crippen LogP contribution in [0.15, 0.2) is 0 Å². The van der Waals surface area contributed by atoms with Crippen molar-refractivity contribution in [2.45, 2.75) is 62.7 Å². The number of ether oxygens (including phenoxy) is 1. The van der Waals surface area contributed by atoms with Gasteiger partial charge in [-0.15, -0.1) is 0 Å². The number of carbonyl (C=O) groups excluding carboxylic acids is 1. The lowest BCUT2D eigenvalue weighted by Gasteiger charge is -2.34. The quantitative estimate of drug-likeness (QED) is 0.686. The summed E-state index contributed by atoms with van der Waals surface area (Å²) in [5, 5.41) is 12.1. The van der Waals surface area contributed by atoms with Crippen LogP contribution < -0.4 is 11.1 Å². The molecule has 2 fully saturated rings. The third kappa shape index (κ3) is 3.06. The summed E-state index contributed by atoms with van der Waals surface area (Å²) in [6.07, 6.45) is 4.45. The van der Waals surface area contributed by atoms with Gasteiger partial charge in [-0.1, -0.05) is 19.3 Å². The van der Waals surface area contributed by atoms with Crippen LogP contribution in [-0.2, 0) is 14.3 Å². The SMILES string of the molecule is NCC1CCC(C(=O)NC2(C(=O)O)CCCCC2)O1. The summed E-state index contributed by atoms with van der Waals surface area (Å²) in [5.74, 6) is -1.24. The number of carboxylic acids is 1. The number of hydrogen-bond acceptors (Lipinski definition) is 4. The van der Waals surface area contributed by atoms with E-state index in [1.54, 1.807) is 0 Å². The van der Waals surface area contributed by atoms with E-state index < -0.39 is 17.6 Å². The fourth-order valence-corrected chi connectivity index (χ4v) is 2.94. The summed E-state index contributed by atoms with van der Waals surface area (Å²) in [5.41, 5.74) is 4.41. The molecule has 1 saturated heterocycles. The van der Waals surface area contributed by atoms with E-state index in [4.69, 9.17) is 10.5 Å². The monoisotopic (exact) mass is 270 g/mol. The number of rotatable bonds is 4. The van der Waals surface area contributed by atoms with Crippen molar-refractivity contribution in [1.29, 1.82) is 0 Å². The molecular weight excluding hydrogens is 248 g/mol. The van der Waals surface area contributed by atoms with Crippen molar-refractivity contribution in [1.82, 2.24) is 5.32 Å². The number of nitrogens with two attached hydrogens (primary N) is 1. The van der Waals surface area contributed by atoms with E-state index >= 15 is 0 Å². The minimum absolute atomic E-state index is 0.0807. The first-order chi connectivity index (χ1) is 9.07. The Labute approximate surface area is 112 Å². The van der Waals surface area contributed by atoms with Gasteiger partial charge in [-0.05, 0) is 25.7 Å². The fraction of sp³-hybridized carbons (Fsp3) is 0.846. The first kappa shape index (κ1) is 14.3. The molecule has 1 saturated carbocycles. The van der Waals surface area contributed by atoms with E-state index in [1.165, 1.54) is 0 Å². The van der Waals surface area contributed by atoms with Gasteiger partial charge in [0.2, 0.25) is 5.91 Å². The maximum Gasteiger partial charge on any atom is 0.329 e. The Bertz CT molecular complexity index is 353. The molecule has 0 spiro atoms. The molecule has 1 aliphatic heterocycles. The van der Waals surface area contributed by atoms with Gasteiger partial charge in [0, 0.05) is 6.54 Å². The van der Waals surface area contributed by atoms with Crippen LogP contribution in [0.4, 0.5) is 0 Å². The zero-order chi connectivity index (χ0) is 13.9. The molecular formula is C13H22N2O4. The summed E-state index contributed by atoms with van der Waals surface area (Å²) in [6.45, 7) is 0.397. The van der Waals surface area contributed by atoms with Gasteiger partial charge in [0.1, 0.15) is 11.6 Å². The zero-order valence-electron chi connectivity index (χ0n) is 11.1. The molecule has 0 bridgehead atoms. The van der Waals surface area contributed by atoms with Gasteiger partial charge in [0.15, 0.2) is 0 Å². The van der Waals surface area contributed by atoms with Gasteiger partial charge in [-0.2, -0.15) is 0 Å². The molecule has 6 heteroatoms. The summed E-state index contributed by atoms with van der Waals surface area (Å²) >= 11 is 0. The second-order valence-electron chi connectivity index (χ2n) is 5.50. The topological polar surface area (TPSA) is 102 Å². The van der Waals surface area contributed by atoms with Crippen LogP contribution in [0.3, 0.4) is 0 Å². The highest BCUT2D eigenvalue weighted by Gasteiger charge is 2.43. The fourth-order valence-electron chi connectivity index (χ4n) is 2.94. The van der Waals surface area contributed by atoms with Crippen LogP contribution in [0.25, 0.3) is 0 Å². The lowest BCUT2D eigenvalue weighted by Crippen LogP contribution is -2.57. The number of amides is 1. The second kappa shape index (κ2) is 5.88. The van der Waals surface area contributed by atoms with Crippen LogP contribution in [0.1, 0.15) is 44.9 Å². The highest BCUT2D eigenvalue weighted by Crippen LogP contribution is 2.29. The van der Waals surface area contributed by atoms with Crippen molar-refractivity contribution >= 4 is 11.9 Å². The summed E-state index contributed by atoms with van der Waals surface area (Å²) < 4.78 is 5.51. The Morgan fingerprint density at radius 2 is 1.95 bits per heavy atom. The van der Waals surface area contributed by atoms with Gasteiger partial charge >= 0.3 is 5.97 Å². The standard InChI is InChI=1S/C13H22N2O4/c14-8-9-4-5-10(19-9)11(16)15-13(12(17)18)6-2-1-3-7-13/h9-10H,1-8,14H2,(H,15,16)(H,17,18). The summed E-state index contributed by atoms with van der Waals surface area (Å²) in [7, 11) is 0. The van der Waals surface area contributed by atoms with Gasteiger partial charge in [0.05, 0.1) is 6.10 Å². The predicted molar refractivity (Wildman–Crippen MR) is 68.5 cm³/mol. The van der Waals surface area contributed by atoms with Gasteiger partial charge in [0.25, 0.3) is 0 Å². The third-order valence-electron chi connectivity index (χ3n) is 4.14. The highest BCUT2D eigenvalue weighted by atomic mass is 16.5. The molecule has 4 N–H and O–H groups in total. The first-order valence-electron chi connectivity index (χ1n) is 6.98. The van der Waals surface area contributed by atoms with Crippen molar-refractivity contribution in [2.24, 2.45) is 5.73 Å². The van der Waals surface area contributed by atoms with E-state index in [0.717, 1.165) is 25.7 Å². The van der Waals surface area contributed by atoms with Crippen molar-refractivity contribution in [3.8, 4) is 0 Å². The molecule has 0 aromatic rings. The van der Waals surface area contributed by atoms with Crippen molar-refractivity contribution in [2.75, 3.05) is 6.54 Å². The largest absolute Gasteiger partial charge is 0.480 e. The Hall–Kier alpha value is -1.14. The van der Waals surface area contributed by atoms with E-state index in [0.29, 0.717) is 25.8 Å². The normalized spacial score (nSPS) is 29.9. The molecule has 0 aromatic carbocycles. The number of aliphatic carboxylic acids is 1. The molecule has 1 amide bonds. The first-order valence-corrected chi connectivity index (χ1v) is 6.98. The van der Waals surface area contributed by atoms with Gasteiger partial charge in [-0.3, -0.25) is 4.79 Å². The van der Waals surface area contributed by atoms with Crippen LogP contribution in [-0.4, -0.2) is 41.3 Å². The van der Waals surface area contributed by atoms with Crippen LogP contribution in [0.2, 0.25) is 0 Å². The smallest absolute Gasteiger partial charge is 0.329 e. The Morgan fingerprint density at radius 3 is 2.47 bits per heavy atom. The van der Waals surface area contributed by atoms with Gasteiger partial charge < -0.3 is 20.9 Å². The molecule has 2 atom stereocenters. The third-order valence-corrected chi connectivity index (χ3v) is 4.14. The van der Waals surface area contributed by atoms with Gasteiger partial charge in [-0.25, -0.2) is 4.79 Å². The maximum atomic E-state index is 12.1. The van der Waals surface area contributed by atoms with Crippen molar-refractivity contribution in [3.05, 3.63) is 0 Å². The number of nitrogens with one attached hydrogen (secondary N) is 1. The van der Waals surface area contributed by atoms with E-state index in [1.807, 2.05) is 0 Å².